The van der Waals surface area contributed by atoms with Crippen molar-refractivity contribution in [3.05, 3.63) is 63.5 Å². The molecule has 0 saturated carbocycles. The van der Waals surface area contributed by atoms with Gasteiger partial charge in [-0.15, -0.1) is 0 Å². The van der Waals surface area contributed by atoms with Crippen LogP contribution in [0.4, 0.5) is 0 Å². The number of nitrogens with zero attached hydrogens (tertiary/aromatic N) is 2. The summed E-state index contributed by atoms with van der Waals surface area (Å²) in [6.07, 6.45) is 4.56. The van der Waals surface area contributed by atoms with E-state index < -0.39 is 0 Å². The minimum absolute atomic E-state index is 0.0526. The standard InChI is InChI=1S/C19H22N4O/c1-2-3-18-21-17-12-23(9-7-15(17)19(24)22-18)11-13-4-5-16-14(10-13)6-8-20-16/h4-6,8,10,20H,2-3,7,9,11-12H2,1H3,(H,21,22,24). The molecule has 1 aliphatic rings. The first kappa shape index (κ1) is 15.1. The molecule has 124 valence electrons. The summed E-state index contributed by atoms with van der Waals surface area (Å²) < 4.78 is 0. The highest BCUT2D eigenvalue weighted by molar-refractivity contribution is 5.79. The quantitative estimate of drug-likeness (QED) is 0.776. The molecule has 1 aromatic carbocycles. The molecule has 0 amide bonds. The molecule has 0 radical (unpaired) electrons. The van der Waals surface area contributed by atoms with E-state index in [4.69, 9.17) is 4.98 Å². The molecule has 1 aliphatic heterocycles. The highest BCUT2D eigenvalue weighted by atomic mass is 16.1. The van der Waals surface area contributed by atoms with Crippen molar-refractivity contribution in [2.75, 3.05) is 6.54 Å². The van der Waals surface area contributed by atoms with Crippen molar-refractivity contribution >= 4 is 10.9 Å². The summed E-state index contributed by atoms with van der Waals surface area (Å²) in [6, 6.07) is 8.63. The third kappa shape index (κ3) is 2.87. The highest BCUT2D eigenvalue weighted by Gasteiger charge is 2.21. The van der Waals surface area contributed by atoms with Gasteiger partial charge < -0.3 is 9.97 Å². The lowest BCUT2D eigenvalue weighted by atomic mass is 10.0. The lowest BCUT2D eigenvalue weighted by Crippen LogP contribution is -2.35. The summed E-state index contributed by atoms with van der Waals surface area (Å²) in [5.41, 5.74) is 4.34. The average Bonchev–Trinajstić information content (AvgIpc) is 3.02. The average molecular weight is 322 g/mol. The van der Waals surface area contributed by atoms with Crippen molar-refractivity contribution in [3.63, 3.8) is 0 Å². The predicted molar refractivity (Wildman–Crippen MR) is 95.0 cm³/mol. The first-order chi connectivity index (χ1) is 11.7. The Bertz CT molecular complexity index is 925. The Labute approximate surface area is 140 Å². The fourth-order valence-corrected chi connectivity index (χ4v) is 3.49. The largest absolute Gasteiger partial charge is 0.361 e. The number of nitrogens with one attached hydrogen (secondary N) is 2. The third-order valence-corrected chi connectivity index (χ3v) is 4.71. The van der Waals surface area contributed by atoms with Crippen molar-refractivity contribution in [1.29, 1.82) is 0 Å². The topological polar surface area (TPSA) is 64.8 Å². The molecular formula is C19H22N4O. The van der Waals surface area contributed by atoms with Crippen LogP contribution in [0.2, 0.25) is 0 Å². The van der Waals surface area contributed by atoms with Crippen LogP contribution in [0.3, 0.4) is 0 Å². The van der Waals surface area contributed by atoms with Gasteiger partial charge in [0.15, 0.2) is 0 Å². The first-order valence-electron chi connectivity index (χ1n) is 8.62. The second-order valence-corrected chi connectivity index (χ2v) is 6.55. The normalized spacial score (nSPS) is 14.9. The van der Waals surface area contributed by atoms with E-state index in [0.29, 0.717) is 0 Å². The van der Waals surface area contributed by atoms with E-state index in [1.807, 2.05) is 6.20 Å². The summed E-state index contributed by atoms with van der Waals surface area (Å²) in [4.78, 5) is 25.4. The van der Waals surface area contributed by atoms with E-state index in [2.05, 4.69) is 46.1 Å². The number of hydrogen-bond donors (Lipinski definition) is 2. The van der Waals surface area contributed by atoms with E-state index in [1.54, 1.807) is 0 Å². The predicted octanol–water partition coefficient (Wildman–Crippen LogP) is 2.76. The molecule has 0 atom stereocenters. The molecule has 0 aliphatic carbocycles. The molecule has 2 aromatic heterocycles. The number of rotatable bonds is 4. The Kier molecular flexibility index (Phi) is 3.94. The zero-order valence-corrected chi connectivity index (χ0v) is 13.9. The van der Waals surface area contributed by atoms with Gasteiger partial charge in [-0.1, -0.05) is 13.0 Å². The summed E-state index contributed by atoms with van der Waals surface area (Å²) >= 11 is 0. The fraction of sp³-hybridized carbons (Fsp3) is 0.368. The minimum Gasteiger partial charge on any atom is -0.361 e. The van der Waals surface area contributed by atoms with Gasteiger partial charge in [0.25, 0.3) is 5.56 Å². The molecular weight excluding hydrogens is 300 g/mol. The van der Waals surface area contributed by atoms with Gasteiger partial charge in [0, 0.05) is 43.3 Å². The van der Waals surface area contributed by atoms with E-state index in [1.165, 1.54) is 16.5 Å². The molecule has 0 fully saturated rings. The molecule has 5 heteroatoms. The van der Waals surface area contributed by atoms with Crippen molar-refractivity contribution < 1.29 is 0 Å². The number of aromatic nitrogens is 3. The van der Waals surface area contributed by atoms with Crippen molar-refractivity contribution in [2.24, 2.45) is 0 Å². The van der Waals surface area contributed by atoms with Gasteiger partial charge in [0.1, 0.15) is 5.82 Å². The number of H-pyrrole nitrogens is 2. The number of fused-ring (bicyclic) bond motifs is 2. The molecule has 0 bridgehead atoms. The van der Waals surface area contributed by atoms with E-state index in [0.717, 1.165) is 56.0 Å². The fourth-order valence-electron chi connectivity index (χ4n) is 3.49. The maximum Gasteiger partial charge on any atom is 0.254 e. The van der Waals surface area contributed by atoms with Crippen molar-refractivity contribution in [2.45, 2.75) is 39.3 Å². The maximum atomic E-state index is 12.2. The smallest absolute Gasteiger partial charge is 0.254 e. The Morgan fingerprint density at radius 2 is 2.21 bits per heavy atom. The zero-order chi connectivity index (χ0) is 16.5. The van der Waals surface area contributed by atoms with Gasteiger partial charge in [-0.05, 0) is 42.0 Å². The summed E-state index contributed by atoms with van der Waals surface area (Å²) in [5.74, 6) is 0.817. The second-order valence-electron chi connectivity index (χ2n) is 6.55. The summed E-state index contributed by atoms with van der Waals surface area (Å²) in [7, 11) is 0. The van der Waals surface area contributed by atoms with Gasteiger partial charge in [-0.3, -0.25) is 9.69 Å². The van der Waals surface area contributed by atoms with Crippen LogP contribution in [-0.4, -0.2) is 26.4 Å². The Hall–Kier alpha value is -2.40. The molecule has 5 nitrogen and oxygen atoms in total. The SMILES string of the molecule is CCCc1nc2c(c(=O)[nH]1)CCN(Cc1ccc3[nH]ccc3c1)C2. The first-order valence-corrected chi connectivity index (χ1v) is 8.62. The number of aromatic amines is 2. The molecule has 3 heterocycles. The second kappa shape index (κ2) is 6.24. The number of hydrogen-bond acceptors (Lipinski definition) is 3. The Morgan fingerprint density at radius 1 is 1.29 bits per heavy atom. The van der Waals surface area contributed by atoms with Gasteiger partial charge in [0.05, 0.1) is 5.69 Å². The number of aryl methyl sites for hydroxylation is 1. The molecule has 4 rings (SSSR count). The molecule has 0 unspecified atom stereocenters. The van der Waals surface area contributed by atoms with Crippen LogP contribution < -0.4 is 5.56 Å². The highest BCUT2D eigenvalue weighted by Crippen LogP contribution is 2.19. The monoisotopic (exact) mass is 322 g/mol. The molecule has 3 aromatic rings. The Morgan fingerprint density at radius 3 is 3.08 bits per heavy atom. The van der Waals surface area contributed by atoms with Crippen LogP contribution in [0.1, 0.15) is 36.0 Å². The third-order valence-electron chi connectivity index (χ3n) is 4.71. The van der Waals surface area contributed by atoms with Crippen LogP contribution in [0.15, 0.2) is 35.3 Å². The van der Waals surface area contributed by atoms with Gasteiger partial charge in [-0.2, -0.15) is 0 Å². The maximum absolute atomic E-state index is 12.2. The van der Waals surface area contributed by atoms with Crippen LogP contribution >= 0.6 is 0 Å². The van der Waals surface area contributed by atoms with Gasteiger partial charge in [0.2, 0.25) is 0 Å². The van der Waals surface area contributed by atoms with Crippen molar-refractivity contribution in [1.82, 2.24) is 19.9 Å². The molecule has 24 heavy (non-hydrogen) atoms. The number of benzene rings is 1. The van der Waals surface area contributed by atoms with E-state index in [-0.39, 0.29) is 5.56 Å². The lowest BCUT2D eigenvalue weighted by molar-refractivity contribution is 0.240. The van der Waals surface area contributed by atoms with Crippen LogP contribution in [0.5, 0.6) is 0 Å². The zero-order valence-electron chi connectivity index (χ0n) is 13.9. The summed E-state index contributed by atoms with van der Waals surface area (Å²) in [5, 5.41) is 1.24. The van der Waals surface area contributed by atoms with E-state index >= 15 is 0 Å². The molecule has 0 saturated heterocycles. The van der Waals surface area contributed by atoms with Crippen LogP contribution in [0.25, 0.3) is 10.9 Å². The Balaban J connectivity index is 1.55. The molecule has 2 N–H and O–H groups in total. The minimum atomic E-state index is 0.0526. The molecule has 0 spiro atoms. The van der Waals surface area contributed by atoms with Crippen LogP contribution in [0, 0.1) is 0 Å². The van der Waals surface area contributed by atoms with Crippen LogP contribution in [-0.2, 0) is 25.9 Å². The summed E-state index contributed by atoms with van der Waals surface area (Å²) in [6.45, 7) is 4.64. The van der Waals surface area contributed by atoms with E-state index in [9.17, 15) is 4.79 Å². The van der Waals surface area contributed by atoms with Gasteiger partial charge >= 0.3 is 0 Å². The van der Waals surface area contributed by atoms with Crippen molar-refractivity contribution in [3.8, 4) is 0 Å². The van der Waals surface area contributed by atoms with Gasteiger partial charge in [-0.25, -0.2) is 4.98 Å². The lowest BCUT2D eigenvalue weighted by Gasteiger charge is -2.27.